The van der Waals surface area contributed by atoms with Gasteiger partial charge in [-0.05, 0) is 31.9 Å². The van der Waals surface area contributed by atoms with Crippen LogP contribution in [0, 0.1) is 12.8 Å². The van der Waals surface area contributed by atoms with Crippen molar-refractivity contribution in [1.82, 2.24) is 10.2 Å². The number of rotatable bonds is 3. The van der Waals surface area contributed by atoms with Gasteiger partial charge in [0.1, 0.15) is 0 Å². The predicted molar refractivity (Wildman–Crippen MR) is 80.5 cm³/mol. The monoisotopic (exact) mass is 282 g/mol. The third-order valence-electron chi connectivity index (χ3n) is 3.56. The molecule has 1 atom stereocenters. The summed E-state index contributed by atoms with van der Waals surface area (Å²) < 4.78 is 0. The molecule has 19 heavy (non-hydrogen) atoms. The Morgan fingerprint density at radius 2 is 2.05 bits per heavy atom. The predicted octanol–water partition coefficient (Wildman–Crippen LogP) is 2.37. The second kappa shape index (κ2) is 7.51. The van der Waals surface area contributed by atoms with Gasteiger partial charge in [-0.25, -0.2) is 0 Å². The van der Waals surface area contributed by atoms with Crippen molar-refractivity contribution >= 4 is 18.3 Å². The number of hydrogen-bond donors (Lipinski definition) is 1. The van der Waals surface area contributed by atoms with Crippen LogP contribution in [0.5, 0.6) is 0 Å². The van der Waals surface area contributed by atoms with Crippen molar-refractivity contribution in [3.05, 3.63) is 35.4 Å². The van der Waals surface area contributed by atoms with Gasteiger partial charge in [-0.15, -0.1) is 12.4 Å². The molecule has 1 amide bonds. The molecule has 0 saturated carbocycles. The third kappa shape index (κ3) is 4.51. The molecule has 106 valence electrons. The SMILES string of the molecule is Cc1ccc(CN(C)C(=O)[C@@H]2CCCNC2)cc1.Cl. The van der Waals surface area contributed by atoms with Crippen LogP contribution in [0.3, 0.4) is 0 Å². The van der Waals surface area contributed by atoms with E-state index in [1.165, 1.54) is 11.1 Å². The Morgan fingerprint density at radius 3 is 2.63 bits per heavy atom. The van der Waals surface area contributed by atoms with E-state index >= 15 is 0 Å². The number of nitrogens with one attached hydrogen (secondary N) is 1. The summed E-state index contributed by atoms with van der Waals surface area (Å²) in [4.78, 5) is 14.1. The highest BCUT2D eigenvalue weighted by molar-refractivity contribution is 5.85. The lowest BCUT2D eigenvalue weighted by atomic mass is 9.98. The minimum atomic E-state index is 0. The maximum absolute atomic E-state index is 12.3. The van der Waals surface area contributed by atoms with Gasteiger partial charge >= 0.3 is 0 Å². The van der Waals surface area contributed by atoms with Crippen LogP contribution in [0.15, 0.2) is 24.3 Å². The molecule has 1 N–H and O–H groups in total. The van der Waals surface area contributed by atoms with E-state index in [-0.39, 0.29) is 24.2 Å². The Bertz CT molecular complexity index is 399. The topological polar surface area (TPSA) is 32.3 Å². The van der Waals surface area contributed by atoms with Crippen molar-refractivity contribution < 1.29 is 4.79 Å². The normalized spacial score (nSPS) is 18.5. The average molecular weight is 283 g/mol. The molecule has 1 fully saturated rings. The summed E-state index contributed by atoms with van der Waals surface area (Å²) in [5.41, 5.74) is 2.45. The molecule has 0 aromatic heterocycles. The maximum Gasteiger partial charge on any atom is 0.227 e. The van der Waals surface area contributed by atoms with Gasteiger partial charge in [0, 0.05) is 20.1 Å². The fraction of sp³-hybridized carbons (Fsp3) is 0.533. The molecule has 1 saturated heterocycles. The standard InChI is InChI=1S/C15H22N2O.ClH/c1-12-5-7-13(8-6-12)11-17(2)15(18)14-4-3-9-16-10-14;/h5-8,14,16H,3-4,9-11H2,1-2H3;1H/t14-;/m1./s1. The fourth-order valence-corrected chi connectivity index (χ4v) is 2.42. The van der Waals surface area contributed by atoms with Gasteiger partial charge in [0.05, 0.1) is 5.92 Å². The highest BCUT2D eigenvalue weighted by atomic mass is 35.5. The van der Waals surface area contributed by atoms with E-state index in [4.69, 9.17) is 0 Å². The van der Waals surface area contributed by atoms with E-state index in [2.05, 4.69) is 36.5 Å². The minimum absolute atomic E-state index is 0. The van der Waals surface area contributed by atoms with Gasteiger partial charge in [-0.3, -0.25) is 4.79 Å². The number of hydrogen-bond acceptors (Lipinski definition) is 2. The number of carbonyl (C=O) groups excluding carboxylic acids is 1. The van der Waals surface area contributed by atoms with Crippen LogP contribution in [-0.2, 0) is 11.3 Å². The summed E-state index contributed by atoms with van der Waals surface area (Å²) in [6.45, 7) is 4.66. The molecule has 1 heterocycles. The summed E-state index contributed by atoms with van der Waals surface area (Å²) in [5, 5.41) is 3.29. The van der Waals surface area contributed by atoms with Crippen molar-refractivity contribution in [2.45, 2.75) is 26.3 Å². The first kappa shape index (κ1) is 16.0. The molecular weight excluding hydrogens is 260 g/mol. The van der Waals surface area contributed by atoms with Crippen molar-refractivity contribution in [2.24, 2.45) is 5.92 Å². The van der Waals surface area contributed by atoms with E-state index in [0.717, 1.165) is 25.9 Å². The van der Waals surface area contributed by atoms with Crippen LogP contribution in [0.4, 0.5) is 0 Å². The third-order valence-corrected chi connectivity index (χ3v) is 3.56. The van der Waals surface area contributed by atoms with Gasteiger partial charge in [-0.2, -0.15) is 0 Å². The van der Waals surface area contributed by atoms with Crippen LogP contribution in [0.25, 0.3) is 0 Å². The van der Waals surface area contributed by atoms with Crippen LogP contribution in [0.2, 0.25) is 0 Å². The Labute approximate surface area is 121 Å². The zero-order chi connectivity index (χ0) is 13.0. The zero-order valence-corrected chi connectivity index (χ0v) is 12.5. The fourth-order valence-electron chi connectivity index (χ4n) is 2.42. The van der Waals surface area contributed by atoms with Gasteiger partial charge in [0.25, 0.3) is 0 Å². The van der Waals surface area contributed by atoms with E-state index in [9.17, 15) is 4.79 Å². The Hall–Kier alpha value is -1.06. The molecule has 1 aromatic rings. The Balaban J connectivity index is 0.00000180. The number of amides is 1. The highest BCUT2D eigenvalue weighted by Crippen LogP contribution is 2.14. The van der Waals surface area contributed by atoms with Crippen molar-refractivity contribution in [3.8, 4) is 0 Å². The summed E-state index contributed by atoms with van der Waals surface area (Å²) >= 11 is 0. The van der Waals surface area contributed by atoms with Crippen molar-refractivity contribution in [3.63, 3.8) is 0 Å². The van der Waals surface area contributed by atoms with Gasteiger partial charge in [-0.1, -0.05) is 29.8 Å². The Morgan fingerprint density at radius 1 is 1.37 bits per heavy atom. The molecule has 0 aliphatic carbocycles. The smallest absolute Gasteiger partial charge is 0.227 e. The number of carbonyl (C=O) groups is 1. The first-order chi connectivity index (χ1) is 8.66. The van der Waals surface area contributed by atoms with Crippen LogP contribution < -0.4 is 5.32 Å². The number of benzene rings is 1. The lowest BCUT2D eigenvalue weighted by molar-refractivity contribution is -0.135. The van der Waals surface area contributed by atoms with E-state index in [1.54, 1.807) is 0 Å². The van der Waals surface area contributed by atoms with Gasteiger partial charge in [0.15, 0.2) is 0 Å². The summed E-state index contributed by atoms with van der Waals surface area (Å²) in [6, 6.07) is 8.38. The van der Waals surface area contributed by atoms with Crippen molar-refractivity contribution in [1.29, 1.82) is 0 Å². The second-order valence-corrected chi connectivity index (χ2v) is 5.22. The van der Waals surface area contributed by atoms with E-state index in [1.807, 2.05) is 11.9 Å². The first-order valence-corrected chi connectivity index (χ1v) is 6.68. The molecule has 0 radical (unpaired) electrons. The molecule has 1 aliphatic rings. The molecule has 0 unspecified atom stereocenters. The van der Waals surface area contributed by atoms with Crippen molar-refractivity contribution in [2.75, 3.05) is 20.1 Å². The lowest BCUT2D eigenvalue weighted by Crippen LogP contribution is -2.41. The summed E-state index contributed by atoms with van der Waals surface area (Å²) in [6.07, 6.45) is 2.12. The second-order valence-electron chi connectivity index (χ2n) is 5.22. The van der Waals surface area contributed by atoms with Gasteiger partial charge < -0.3 is 10.2 Å². The molecule has 0 spiro atoms. The number of nitrogens with zero attached hydrogens (tertiary/aromatic N) is 1. The molecular formula is C15H23ClN2O. The number of aryl methyl sites for hydroxylation is 1. The molecule has 0 bridgehead atoms. The molecule has 1 aliphatic heterocycles. The number of piperidine rings is 1. The van der Waals surface area contributed by atoms with E-state index in [0.29, 0.717) is 6.54 Å². The highest BCUT2D eigenvalue weighted by Gasteiger charge is 2.23. The quantitative estimate of drug-likeness (QED) is 0.923. The number of halogens is 1. The minimum Gasteiger partial charge on any atom is -0.341 e. The van der Waals surface area contributed by atoms with Gasteiger partial charge in [0.2, 0.25) is 5.91 Å². The lowest BCUT2D eigenvalue weighted by Gasteiger charge is -2.27. The average Bonchev–Trinajstić information content (AvgIpc) is 2.41. The molecule has 3 nitrogen and oxygen atoms in total. The van der Waals surface area contributed by atoms with Crippen LogP contribution in [-0.4, -0.2) is 30.9 Å². The Kier molecular flexibility index (Phi) is 6.32. The molecule has 1 aromatic carbocycles. The van der Waals surface area contributed by atoms with Crippen LogP contribution >= 0.6 is 12.4 Å². The molecule has 4 heteroatoms. The van der Waals surface area contributed by atoms with E-state index < -0.39 is 0 Å². The summed E-state index contributed by atoms with van der Waals surface area (Å²) in [7, 11) is 1.90. The maximum atomic E-state index is 12.3. The molecule has 2 rings (SSSR count). The summed E-state index contributed by atoms with van der Waals surface area (Å²) in [5.74, 6) is 0.428. The van der Waals surface area contributed by atoms with Crippen LogP contribution in [0.1, 0.15) is 24.0 Å². The first-order valence-electron chi connectivity index (χ1n) is 6.68. The zero-order valence-electron chi connectivity index (χ0n) is 11.7. The largest absolute Gasteiger partial charge is 0.341 e.